The largest absolute Gasteiger partial charge is 0.379 e. The molecule has 6 heteroatoms. The van der Waals surface area contributed by atoms with Crippen LogP contribution in [0.3, 0.4) is 0 Å². The molecule has 1 saturated heterocycles. The van der Waals surface area contributed by atoms with Gasteiger partial charge in [0, 0.05) is 26.2 Å². The number of carbonyl (C=O) groups is 1. The predicted molar refractivity (Wildman–Crippen MR) is 121 cm³/mol. The van der Waals surface area contributed by atoms with Gasteiger partial charge in [0.25, 0.3) is 5.91 Å². The Labute approximate surface area is 183 Å². The Bertz CT molecular complexity index is 977. The van der Waals surface area contributed by atoms with Crippen LogP contribution in [-0.2, 0) is 30.8 Å². The van der Waals surface area contributed by atoms with E-state index in [1.807, 2.05) is 22.9 Å². The first-order valence-corrected chi connectivity index (χ1v) is 11.0. The highest BCUT2D eigenvalue weighted by molar-refractivity contribution is 5.95. The van der Waals surface area contributed by atoms with Gasteiger partial charge in [-0.05, 0) is 23.1 Å². The molecule has 0 atom stereocenters. The molecule has 2 aromatic carbocycles. The van der Waals surface area contributed by atoms with Crippen molar-refractivity contribution in [1.82, 2.24) is 20.0 Å². The van der Waals surface area contributed by atoms with Crippen LogP contribution in [0, 0.1) is 0 Å². The average molecular weight is 419 g/mol. The smallest absolute Gasteiger partial charge is 0.255 e. The molecule has 1 aliphatic heterocycles. The standard InChI is InChI=1S/C25H30N4O2/c1-2-24-23(17-27-29(24)19-21-6-4-3-5-7-21)25(30)26-16-20-8-10-22(11-9-20)18-28-12-14-31-15-13-28/h3-11,17H,2,12-16,18-19H2,1H3,(H,26,30). The van der Waals surface area contributed by atoms with Gasteiger partial charge in [0.1, 0.15) is 0 Å². The van der Waals surface area contributed by atoms with Crippen LogP contribution in [0.2, 0.25) is 0 Å². The highest BCUT2D eigenvalue weighted by Crippen LogP contribution is 2.13. The van der Waals surface area contributed by atoms with Gasteiger partial charge >= 0.3 is 0 Å². The minimum Gasteiger partial charge on any atom is -0.379 e. The van der Waals surface area contributed by atoms with Gasteiger partial charge in [0.2, 0.25) is 0 Å². The highest BCUT2D eigenvalue weighted by atomic mass is 16.5. The van der Waals surface area contributed by atoms with Crippen molar-refractivity contribution < 1.29 is 9.53 Å². The van der Waals surface area contributed by atoms with E-state index in [9.17, 15) is 4.79 Å². The minimum absolute atomic E-state index is 0.0754. The zero-order chi connectivity index (χ0) is 21.5. The van der Waals surface area contributed by atoms with Gasteiger partial charge in [0.15, 0.2) is 0 Å². The molecule has 1 amide bonds. The lowest BCUT2D eigenvalue weighted by Gasteiger charge is -2.26. The molecule has 0 unspecified atom stereocenters. The van der Waals surface area contributed by atoms with Crippen LogP contribution >= 0.6 is 0 Å². The van der Waals surface area contributed by atoms with Crippen LogP contribution in [0.1, 0.15) is 39.7 Å². The zero-order valence-corrected chi connectivity index (χ0v) is 18.1. The third-order valence-corrected chi connectivity index (χ3v) is 5.69. The van der Waals surface area contributed by atoms with Crippen LogP contribution in [0.4, 0.5) is 0 Å². The summed E-state index contributed by atoms with van der Waals surface area (Å²) in [5, 5.41) is 7.52. The number of nitrogens with one attached hydrogen (secondary N) is 1. The molecular formula is C25H30N4O2. The van der Waals surface area contributed by atoms with Gasteiger partial charge in [-0.25, -0.2) is 0 Å². The molecule has 3 aromatic rings. The van der Waals surface area contributed by atoms with Crippen molar-refractivity contribution in [2.24, 2.45) is 0 Å². The number of nitrogens with zero attached hydrogens (tertiary/aromatic N) is 3. The summed E-state index contributed by atoms with van der Waals surface area (Å²) in [7, 11) is 0. The Morgan fingerprint density at radius 2 is 1.65 bits per heavy atom. The maximum Gasteiger partial charge on any atom is 0.255 e. The molecule has 0 aliphatic carbocycles. The SMILES string of the molecule is CCc1c(C(=O)NCc2ccc(CN3CCOCC3)cc2)cnn1Cc1ccccc1. The summed E-state index contributed by atoms with van der Waals surface area (Å²) in [6.07, 6.45) is 2.44. The zero-order valence-electron chi connectivity index (χ0n) is 18.1. The summed E-state index contributed by atoms with van der Waals surface area (Å²) in [6.45, 7) is 7.76. The molecule has 162 valence electrons. The number of benzene rings is 2. The number of amides is 1. The summed E-state index contributed by atoms with van der Waals surface area (Å²) >= 11 is 0. The Kier molecular flexibility index (Phi) is 7.12. The van der Waals surface area contributed by atoms with Gasteiger partial charge in [-0.3, -0.25) is 14.4 Å². The van der Waals surface area contributed by atoms with Crippen LogP contribution in [0.15, 0.2) is 60.8 Å². The Balaban J connectivity index is 1.34. The lowest BCUT2D eigenvalue weighted by atomic mass is 10.1. The average Bonchev–Trinajstić information content (AvgIpc) is 3.22. The van der Waals surface area contributed by atoms with Crippen molar-refractivity contribution in [1.29, 1.82) is 0 Å². The molecule has 1 aliphatic rings. The van der Waals surface area contributed by atoms with E-state index in [1.54, 1.807) is 6.20 Å². The normalized spacial score (nSPS) is 14.5. The molecule has 0 spiro atoms. The lowest BCUT2D eigenvalue weighted by Crippen LogP contribution is -2.35. The number of aromatic nitrogens is 2. The molecule has 0 bridgehead atoms. The molecular weight excluding hydrogens is 388 g/mol. The maximum atomic E-state index is 12.8. The number of hydrogen-bond acceptors (Lipinski definition) is 4. The molecule has 0 saturated carbocycles. The molecule has 1 N–H and O–H groups in total. The van der Waals surface area contributed by atoms with E-state index >= 15 is 0 Å². The van der Waals surface area contributed by atoms with E-state index in [4.69, 9.17) is 4.74 Å². The first kappa shape index (κ1) is 21.3. The maximum absolute atomic E-state index is 12.8. The monoisotopic (exact) mass is 418 g/mol. The van der Waals surface area contributed by atoms with E-state index < -0.39 is 0 Å². The summed E-state index contributed by atoms with van der Waals surface area (Å²) in [5.41, 5.74) is 5.16. The fourth-order valence-electron chi connectivity index (χ4n) is 3.92. The van der Waals surface area contributed by atoms with E-state index in [-0.39, 0.29) is 5.91 Å². The molecule has 2 heterocycles. The van der Waals surface area contributed by atoms with Gasteiger partial charge in [0.05, 0.1) is 37.2 Å². The second-order valence-electron chi connectivity index (χ2n) is 7.89. The first-order chi connectivity index (χ1) is 15.2. The third kappa shape index (κ3) is 5.60. The van der Waals surface area contributed by atoms with Crippen LogP contribution in [-0.4, -0.2) is 46.9 Å². The van der Waals surface area contributed by atoms with E-state index in [1.165, 1.54) is 11.1 Å². The van der Waals surface area contributed by atoms with Crippen molar-refractivity contribution in [3.8, 4) is 0 Å². The van der Waals surface area contributed by atoms with Crippen LogP contribution in [0.25, 0.3) is 0 Å². The Hall–Kier alpha value is -2.96. The fourth-order valence-corrected chi connectivity index (χ4v) is 3.92. The second kappa shape index (κ2) is 10.4. The molecule has 4 rings (SSSR count). The summed E-state index contributed by atoms with van der Waals surface area (Å²) < 4.78 is 7.33. The second-order valence-corrected chi connectivity index (χ2v) is 7.89. The van der Waals surface area contributed by atoms with Crippen LogP contribution in [0.5, 0.6) is 0 Å². The number of morpholine rings is 1. The predicted octanol–water partition coefficient (Wildman–Crippen LogP) is 3.26. The van der Waals surface area contributed by atoms with Gasteiger partial charge in [-0.1, -0.05) is 61.5 Å². The van der Waals surface area contributed by atoms with Gasteiger partial charge < -0.3 is 10.1 Å². The van der Waals surface area contributed by atoms with Gasteiger partial charge in [-0.15, -0.1) is 0 Å². The third-order valence-electron chi connectivity index (χ3n) is 5.69. The van der Waals surface area contributed by atoms with Crippen molar-refractivity contribution in [2.45, 2.75) is 33.0 Å². The Morgan fingerprint density at radius 3 is 2.35 bits per heavy atom. The first-order valence-electron chi connectivity index (χ1n) is 11.0. The molecule has 1 fully saturated rings. The van der Waals surface area contributed by atoms with Crippen LogP contribution < -0.4 is 5.32 Å². The number of hydrogen-bond donors (Lipinski definition) is 1. The molecule has 31 heavy (non-hydrogen) atoms. The molecule has 1 aromatic heterocycles. The van der Waals surface area contributed by atoms with Crippen molar-refractivity contribution in [3.63, 3.8) is 0 Å². The minimum atomic E-state index is -0.0754. The summed E-state index contributed by atoms with van der Waals surface area (Å²) in [4.78, 5) is 15.2. The van der Waals surface area contributed by atoms with Gasteiger partial charge in [-0.2, -0.15) is 5.10 Å². The summed E-state index contributed by atoms with van der Waals surface area (Å²) in [6, 6.07) is 18.7. The quantitative estimate of drug-likeness (QED) is 0.610. The van der Waals surface area contributed by atoms with E-state index in [0.717, 1.165) is 50.5 Å². The molecule has 6 nitrogen and oxygen atoms in total. The highest BCUT2D eigenvalue weighted by Gasteiger charge is 2.16. The number of rotatable bonds is 8. The van der Waals surface area contributed by atoms with Crippen molar-refractivity contribution >= 4 is 5.91 Å². The topological polar surface area (TPSA) is 59.4 Å². The molecule has 0 radical (unpaired) electrons. The number of ether oxygens (including phenoxy) is 1. The van der Waals surface area contributed by atoms with Crippen molar-refractivity contribution in [3.05, 3.63) is 88.7 Å². The van der Waals surface area contributed by atoms with E-state index in [0.29, 0.717) is 18.7 Å². The Morgan fingerprint density at radius 1 is 0.968 bits per heavy atom. The fraction of sp³-hybridized carbons (Fsp3) is 0.360. The lowest BCUT2D eigenvalue weighted by molar-refractivity contribution is 0.0342. The summed E-state index contributed by atoms with van der Waals surface area (Å²) in [5.74, 6) is -0.0754. The number of carbonyl (C=O) groups excluding carboxylic acids is 1. The van der Waals surface area contributed by atoms with E-state index in [2.05, 4.69) is 58.6 Å². The van der Waals surface area contributed by atoms with Crippen molar-refractivity contribution in [2.75, 3.05) is 26.3 Å².